The molecule has 0 atom stereocenters. The van der Waals surface area contributed by atoms with Crippen molar-refractivity contribution >= 4 is 0 Å². The third-order valence-corrected chi connectivity index (χ3v) is 3.77. The van der Waals surface area contributed by atoms with Crippen LogP contribution in [0.5, 0.6) is 0 Å². The second-order valence-corrected chi connectivity index (χ2v) is 5.36. The highest BCUT2D eigenvalue weighted by Gasteiger charge is 2.08. The molecule has 0 heterocycles. The van der Waals surface area contributed by atoms with E-state index >= 15 is 0 Å². The zero-order chi connectivity index (χ0) is 12.3. The van der Waals surface area contributed by atoms with Crippen LogP contribution in [0.25, 0.3) is 0 Å². The molecule has 0 aromatic carbocycles. The van der Waals surface area contributed by atoms with Crippen LogP contribution in [0.4, 0.5) is 0 Å². The average Bonchev–Trinajstić information content (AvgIpc) is 2.78. The van der Waals surface area contributed by atoms with E-state index in [2.05, 4.69) is 26.0 Å². The standard InChI is InChI=1S/C17H30/c1-3-5-7-8-9-10-13-17-15-11-14-16(17)12-6-4-2/h11,14H,3-10,12-13,15H2,1-2H3. The van der Waals surface area contributed by atoms with Crippen molar-refractivity contribution in [1.29, 1.82) is 0 Å². The van der Waals surface area contributed by atoms with E-state index in [1.165, 1.54) is 70.6 Å². The molecule has 0 amide bonds. The first-order chi connectivity index (χ1) is 8.38. The second-order valence-electron chi connectivity index (χ2n) is 5.36. The summed E-state index contributed by atoms with van der Waals surface area (Å²) in [5.74, 6) is 0. The number of rotatable bonds is 10. The summed E-state index contributed by atoms with van der Waals surface area (Å²) in [6.07, 6.45) is 19.9. The van der Waals surface area contributed by atoms with E-state index in [-0.39, 0.29) is 0 Å². The Labute approximate surface area is 108 Å². The van der Waals surface area contributed by atoms with Gasteiger partial charge in [0.25, 0.3) is 0 Å². The van der Waals surface area contributed by atoms with E-state index in [4.69, 9.17) is 0 Å². The van der Waals surface area contributed by atoms with Crippen molar-refractivity contribution in [2.45, 2.75) is 84.5 Å². The molecule has 17 heavy (non-hydrogen) atoms. The van der Waals surface area contributed by atoms with E-state index in [0.717, 1.165) is 0 Å². The molecule has 0 radical (unpaired) electrons. The van der Waals surface area contributed by atoms with Crippen LogP contribution in [0.3, 0.4) is 0 Å². The second kappa shape index (κ2) is 9.50. The Balaban J connectivity index is 2.12. The summed E-state index contributed by atoms with van der Waals surface area (Å²) in [6, 6.07) is 0. The summed E-state index contributed by atoms with van der Waals surface area (Å²) in [4.78, 5) is 0. The minimum atomic E-state index is 1.24. The maximum absolute atomic E-state index is 2.38. The molecule has 0 bridgehead atoms. The predicted octanol–water partition coefficient (Wildman–Crippen LogP) is 6.18. The first kappa shape index (κ1) is 14.5. The van der Waals surface area contributed by atoms with E-state index in [0.29, 0.717) is 0 Å². The summed E-state index contributed by atoms with van der Waals surface area (Å²) >= 11 is 0. The first-order valence-corrected chi connectivity index (χ1v) is 7.76. The number of hydrogen-bond donors (Lipinski definition) is 0. The number of unbranched alkanes of at least 4 members (excludes halogenated alkanes) is 6. The molecule has 1 aliphatic carbocycles. The molecule has 0 nitrogen and oxygen atoms in total. The Morgan fingerprint density at radius 2 is 1.53 bits per heavy atom. The molecule has 0 unspecified atom stereocenters. The quantitative estimate of drug-likeness (QED) is 0.396. The fraction of sp³-hybridized carbons (Fsp3) is 0.765. The van der Waals surface area contributed by atoms with Crippen LogP contribution >= 0.6 is 0 Å². The molecule has 0 spiro atoms. The van der Waals surface area contributed by atoms with Crippen LogP contribution in [0.15, 0.2) is 23.3 Å². The van der Waals surface area contributed by atoms with Gasteiger partial charge in [-0.3, -0.25) is 0 Å². The largest absolute Gasteiger partial charge is 0.0802 e. The highest BCUT2D eigenvalue weighted by Crippen LogP contribution is 2.27. The van der Waals surface area contributed by atoms with Gasteiger partial charge in [0.1, 0.15) is 0 Å². The van der Waals surface area contributed by atoms with Gasteiger partial charge in [0.15, 0.2) is 0 Å². The maximum atomic E-state index is 2.38. The van der Waals surface area contributed by atoms with E-state index < -0.39 is 0 Å². The van der Waals surface area contributed by atoms with Crippen LogP contribution in [-0.2, 0) is 0 Å². The van der Waals surface area contributed by atoms with Gasteiger partial charge in [-0.05, 0) is 37.7 Å². The molecular weight excluding hydrogens is 204 g/mol. The lowest BCUT2D eigenvalue weighted by atomic mass is 9.99. The summed E-state index contributed by atoms with van der Waals surface area (Å²) in [6.45, 7) is 4.57. The van der Waals surface area contributed by atoms with Crippen LogP contribution < -0.4 is 0 Å². The smallest absolute Gasteiger partial charge is 0.0130 e. The lowest BCUT2D eigenvalue weighted by Gasteiger charge is -2.07. The van der Waals surface area contributed by atoms with E-state index in [9.17, 15) is 0 Å². The summed E-state index contributed by atoms with van der Waals surface area (Å²) in [7, 11) is 0. The monoisotopic (exact) mass is 234 g/mol. The zero-order valence-electron chi connectivity index (χ0n) is 11.9. The number of allylic oxidation sites excluding steroid dienone is 4. The maximum Gasteiger partial charge on any atom is -0.0130 e. The Bertz CT molecular complexity index is 245. The topological polar surface area (TPSA) is 0 Å². The van der Waals surface area contributed by atoms with Crippen molar-refractivity contribution in [1.82, 2.24) is 0 Å². The third kappa shape index (κ3) is 6.10. The van der Waals surface area contributed by atoms with Crippen molar-refractivity contribution in [3.8, 4) is 0 Å². The Morgan fingerprint density at radius 1 is 0.824 bits per heavy atom. The van der Waals surface area contributed by atoms with Gasteiger partial charge in [-0.2, -0.15) is 0 Å². The third-order valence-electron chi connectivity index (χ3n) is 3.77. The van der Waals surface area contributed by atoms with Gasteiger partial charge in [-0.15, -0.1) is 0 Å². The molecule has 0 aromatic rings. The lowest BCUT2D eigenvalue weighted by Crippen LogP contribution is -1.87. The van der Waals surface area contributed by atoms with Crippen molar-refractivity contribution in [2.24, 2.45) is 0 Å². The average molecular weight is 234 g/mol. The van der Waals surface area contributed by atoms with Crippen molar-refractivity contribution in [3.63, 3.8) is 0 Å². The molecule has 0 aliphatic heterocycles. The fourth-order valence-corrected chi connectivity index (χ4v) is 2.60. The highest BCUT2D eigenvalue weighted by atomic mass is 14.1. The first-order valence-electron chi connectivity index (χ1n) is 7.76. The zero-order valence-corrected chi connectivity index (χ0v) is 11.9. The van der Waals surface area contributed by atoms with Crippen molar-refractivity contribution < 1.29 is 0 Å². The van der Waals surface area contributed by atoms with Gasteiger partial charge in [0, 0.05) is 0 Å². The van der Waals surface area contributed by atoms with Gasteiger partial charge >= 0.3 is 0 Å². The Kier molecular flexibility index (Phi) is 8.13. The SMILES string of the molecule is CCCCCCCCC1=C(CCCC)C=CC1. The normalized spacial score (nSPS) is 14.9. The summed E-state index contributed by atoms with van der Waals surface area (Å²) in [5, 5.41) is 0. The minimum Gasteiger partial charge on any atom is -0.0802 e. The van der Waals surface area contributed by atoms with E-state index in [1.807, 2.05) is 0 Å². The Hall–Kier alpha value is -0.520. The van der Waals surface area contributed by atoms with Crippen molar-refractivity contribution in [2.75, 3.05) is 0 Å². The molecule has 0 heteroatoms. The van der Waals surface area contributed by atoms with Gasteiger partial charge in [0.05, 0.1) is 0 Å². The van der Waals surface area contributed by atoms with Gasteiger partial charge in [-0.1, -0.05) is 70.1 Å². The number of hydrogen-bond acceptors (Lipinski definition) is 0. The molecular formula is C17H30. The Morgan fingerprint density at radius 3 is 2.29 bits per heavy atom. The molecule has 0 saturated heterocycles. The molecule has 0 fully saturated rings. The summed E-state index contributed by atoms with van der Waals surface area (Å²) in [5.41, 5.74) is 3.41. The highest BCUT2D eigenvalue weighted by molar-refractivity contribution is 5.33. The molecule has 1 rings (SSSR count). The van der Waals surface area contributed by atoms with Gasteiger partial charge in [0.2, 0.25) is 0 Å². The van der Waals surface area contributed by atoms with E-state index in [1.54, 1.807) is 11.1 Å². The van der Waals surface area contributed by atoms with Crippen LogP contribution in [0.2, 0.25) is 0 Å². The molecule has 0 N–H and O–H groups in total. The molecule has 0 aromatic heterocycles. The van der Waals surface area contributed by atoms with Crippen LogP contribution in [0.1, 0.15) is 84.5 Å². The predicted molar refractivity (Wildman–Crippen MR) is 78.3 cm³/mol. The lowest BCUT2D eigenvalue weighted by molar-refractivity contribution is 0.603. The molecule has 0 saturated carbocycles. The molecule has 98 valence electrons. The van der Waals surface area contributed by atoms with Crippen LogP contribution in [0, 0.1) is 0 Å². The van der Waals surface area contributed by atoms with Crippen molar-refractivity contribution in [3.05, 3.63) is 23.3 Å². The van der Waals surface area contributed by atoms with Gasteiger partial charge < -0.3 is 0 Å². The van der Waals surface area contributed by atoms with Crippen LogP contribution in [-0.4, -0.2) is 0 Å². The van der Waals surface area contributed by atoms with Gasteiger partial charge in [-0.25, -0.2) is 0 Å². The summed E-state index contributed by atoms with van der Waals surface area (Å²) < 4.78 is 0. The fourth-order valence-electron chi connectivity index (χ4n) is 2.60. The minimum absolute atomic E-state index is 1.24. The molecule has 1 aliphatic rings.